The van der Waals surface area contributed by atoms with Gasteiger partial charge in [0.05, 0.1) is 6.21 Å². The largest absolute Gasteiger partial charge is 0.489 e. The molecule has 2 N–H and O–H groups in total. The summed E-state index contributed by atoms with van der Waals surface area (Å²) in [6.07, 6.45) is 3.28. The number of nitrogens with one attached hydrogen (secondary N) is 2. The molecule has 146 valence electrons. The van der Waals surface area contributed by atoms with Crippen molar-refractivity contribution in [3.8, 4) is 5.75 Å². The lowest BCUT2D eigenvalue weighted by molar-refractivity contribution is -0.124. The molecule has 0 aromatic heterocycles. The fraction of sp³-hybridized carbons (Fsp3) is 0.227. The summed E-state index contributed by atoms with van der Waals surface area (Å²) in [4.78, 5) is 23.9. The zero-order valence-corrected chi connectivity index (χ0v) is 16.2. The molecule has 0 saturated carbocycles. The van der Waals surface area contributed by atoms with Gasteiger partial charge in [-0.15, -0.1) is 0 Å². The quantitative estimate of drug-likeness (QED) is 0.396. The van der Waals surface area contributed by atoms with Crippen LogP contribution in [-0.2, 0) is 9.59 Å². The minimum atomic E-state index is -0.337. The van der Waals surface area contributed by atoms with E-state index in [1.165, 1.54) is 6.21 Å². The van der Waals surface area contributed by atoms with Gasteiger partial charge in [-0.3, -0.25) is 9.59 Å². The molecule has 2 aromatic carbocycles. The number of aryl methyl sites for hydroxylation is 2. The van der Waals surface area contributed by atoms with Crippen LogP contribution in [0.1, 0.15) is 29.5 Å². The van der Waals surface area contributed by atoms with E-state index in [1.54, 1.807) is 6.08 Å². The summed E-state index contributed by atoms with van der Waals surface area (Å²) in [6, 6.07) is 13.0. The fourth-order valence-electron chi connectivity index (χ4n) is 2.37. The highest BCUT2D eigenvalue weighted by molar-refractivity contribution is 5.93. The number of carbonyl (C=O) groups is 2. The maximum atomic E-state index is 12.0. The summed E-state index contributed by atoms with van der Waals surface area (Å²) >= 11 is 0. The molecule has 2 aromatic rings. The highest BCUT2D eigenvalue weighted by atomic mass is 16.5. The number of anilines is 1. The van der Waals surface area contributed by atoms with E-state index in [-0.39, 0.29) is 24.7 Å². The van der Waals surface area contributed by atoms with Gasteiger partial charge in [0.25, 0.3) is 0 Å². The maximum absolute atomic E-state index is 12.0. The molecule has 0 heterocycles. The summed E-state index contributed by atoms with van der Waals surface area (Å²) in [7, 11) is 0. The molecule has 6 heteroatoms. The molecular weight excluding hydrogens is 354 g/mol. The highest BCUT2D eigenvalue weighted by Gasteiger charge is 2.07. The van der Waals surface area contributed by atoms with Crippen molar-refractivity contribution in [2.75, 3.05) is 11.9 Å². The van der Waals surface area contributed by atoms with Gasteiger partial charge in [-0.1, -0.05) is 30.9 Å². The Morgan fingerprint density at radius 2 is 1.82 bits per heavy atom. The predicted octanol–water partition coefficient (Wildman–Crippen LogP) is 3.74. The van der Waals surface area contributed by atoms with E-state index >= 15 is 0 Å². The first kappa shape index (κ1) is 20.9. The third-order valence-electron chi connectivity index (χ3n) is 4.04. The van der Waals surface area contributed by atoms with Crippen LogP contribution in [0.5, 0.6) is 5.75 Å². The van der Waals surface area contributed by atoms with E-state index in [2.05, 4.69) is 22.4 Å². The Morgan fingerprint density at radius 1 is 1.07 bits per heavy atom. The summed E-state index contributed by atoms with van der Waals surface area (Å²) in [6.45, 7) is 7.99. The average Bonchev–Trinajstić information content (AvgIpc) is 2.68. The Kier molecular flexibility index (Phi) is 7.96. The number of amides is 2. The van der Waals surface area contributed by atoms with Gasteiger partial charge in [-0.25, -0.2) is 5.43 Å². The monoisotopic (exact) mass is 379 g/mol. The average molecular weight is 379 g/mol. The molecule has 2 rings (SSSR count). The molecule has 0 unspecified atom stereocenters. The predicted molar refractivity (Wildman–Crippen MR) is 112 cm³/mol. The van der Waals surface area contributed by atoms with Crippen LogP contribution >= 0.6 is 0 Å². The van der Waals surface area contributed by atoms with E-state index in [4.69, 9.17) is 4.74 Å². The van der Waals surface area contributed by atoms with E-state index in [1.807, 2.05) is 56.3 Å². The molecule has 0 aliphatic rings. The van der Waals surface area contributed by atoms with Crippen LogP contribution in [0, 0.1) is 13.8 Å². The Balaban J connectivity index is 1.79. The number of hydrogen-bond donors (Lipinski definition) is 2. The first-order valence-corrected chi connectivity index (χ1v) is 9.01. The van der Waals surface area contributed by atoms with Crippen molar-refractivity contribution in [3.63, 3.8) is 0 Å². The van der Waals surface area contributed by atoms with Crippen molar-refractivity contribution in [2.45, 2.75) is 26.7 Å². The van der Waals surface area contributed by atoms with Crippen molar-refractivity contribution in [2.24, 2.45) is 5.10 Å². The topological polar surface area (TPSA) is 79.8 Å². The Labute approximate surface area is 165 Å². The first-order chi connectivity index (χ1) is 13.5. The van der Waals surface area contributed by atoms with Crippen LogP contribution < -0.4 is 15.5 Å². The molecule has 0 atom stereocenters. The van der Waals surface area contributed by atoms with Gasteiger partial charge in [0, 0.05) is 24.1 Å². The smallest absolute Gasteiger partial charge is 0.240 e. The molecule has 0 aliphatic heterocycles. The number of hydrogen-bond acceptors (Lipinski definition) is 4. The van der Waals surface area contributed by atoms with Crippen LogP contribution in [0.15, 0.2) is 60.2 Å². The molecule has 6 nitrogen and oxygen atoms in total. The molecule has 2 amide bonds. The number of hydrazone groups is 1. The van der Waals surface area contributed by atoms with Crippen LogP contribution in [0.25, 0.3) is 0 Å². The third kappa shape index (κ3) is 6.72. The third-order valence-corrected chi connectivity index (χ3v) is 4.04. The number of benzene rings is 2. The molecule has 28 heavy (non-hydrogen) atoms. The normalized spacial score (nSPS) is 10.5. The van der Waals surface area contributed by atoms with Gasteiger partial charge in [-0.2, -0.15) is 5.10 Å². The van der Waals surface area contributed by atoms with Gasteiger partial charge in [0.1, 0.15) is 12.4 Å². The van der Waals surface area contributed by atoms with Crippen LogP contribution in [0.3, 0.4) is 0 Å². The second-order valence-electron chi connectivity index (χ2n) is 6.28. The van der Waals surface area contributed by atoms with Gasteiger partial charge < -0.3 is 10.1 Å². The van der Waals surface area contributed by atoms with Crippen LogP contribution in [-0.4, -0.2) is 24.6 Å². The molecule has 0 radical (unpaired) electrons. The lowest BCUT2D eigenvalue weighted by Gasteiger charge is -2.07. The van der Waals surface area contributed by atoms with Crippen molar-refractivity contribution < 1.29 is 14.3 Å². The number of carbonyl (C=O) groups excluding carboxylic acids is 2. The minimum Gasteiger partial charge on any atom is -0.489 e. The molecule has 0 fully saturated rings. The number of rotatable bonds is 9. The lowest BCUT2D eigenvalue weighted by atomic mass is 10.1. The second kappa shape index (κ2) is 10.7. The first-order valence-electron chi connectivity index (χ1n) is 9.01. The lowest BCUT2D eigenvalue weighted by Crippen LogP contribution is -2.20. The van der Waals surface area contributed by atoms with Crippen molar-refractivity contribution in [3.05, 3.63) is 71.8 Å². The van der Waals surface area contributed by atoms with Crippen LogP contribution in [0.4, 0.5) is 5.69 Å². The SMILES string of the molecule is C=CCOc1ccccc1/C=N/NC(=O)CCC(=O)Nc1ccc(C)c(C)c1. The van der Waals surface area contributed by atoms with E-state index in [0.29, 0.717) is 12.4 Å². The van der Waals surface area contributed by atoms with E-state index in [9.17, 15) is 9.59 Å². The Bertz CT molecular complexity index is 875. The summed E-state index contributed by atoms with van der Waals surface area (Å²) in [5.41, 5.74) is 6.14. The van der Waals surface area contributed by atoms with Crippen molar-refractivity contribution in [1.82, 2.24) is 5.43 Å². The minimum absolute atomic E-state index is 0.0443. The Morgan fingerprint density at radius 3 is 2.57 bits per heavy atom. The molecule has 0 saturated heterocycles. The number of para-hydroxylation sites is 1. The van der Waals surface area contributed by atoms with Crippen LogP contribution in [0.2, 0.25) is 0 Å². The number of nitrogens with zero attached hydrogens (tertiary/aromatic N) is 1. The van der Waals surface area contributed by atoms with E-state index in [0.717, 1.165) is 22.4 Å². The van der Waals surface area contributed by atoms with Crippen molar-refractivity contribution in [1.29, 1.82) is 0 Å². The summed E-state index contributed by atoms with van der Waals surface area (Å²) in [5.74, 6) is 0.0923. The summed E-state index contributed by atoms with van der Waals surface area (Å²) in [5, 5.41) is 6.72. The fourth-order valence-corrected chi connectivity index (χ4v) is 2.37. The van der Waals surface area contributed by atoms with Crippen molar-refractivity contribution >= 4 is 23.7 Å². The molecule has 0 spiro atoms. The Hall–Kier alpha value is -3.41. The van der Waals surface area contributed by atoms with E-state index < -0.39 is 0 Å². The zero-order chi connectivity index (χ0) is 20.4. The van der Waals surface area contributed by atoms with Gasteiger partial charge in [0.15, 0.2) is 0 Å². The van der Waals surface area contributed by atoms with Gasteiger partial charge >= 0.3 is 0 Å². The van der Waals surface area contributed by atoms with Gasteiger partial charge in [-0.05, 0) is 49.2 Å². The second-order valence-corrected chi connectivity index (χ2v) is 6.28. The molecule has 0 aliphatic carbocycles. The standard InChI is InChI=1S/C22H25N3O3/c1-4-13-28-20-8-6-5-7-18(20)15-23-25-22(27)12-11-21(26)24-19-10-9-16(2)17(3)14-19/h4-10,14-15H,1,11-13H2,2-3H3,(H,24,26)(H,25,27)/b23-15+. The van der Waals surface area contributed by atoms with Gasteiger partial charge in [0.2, 0.25) is 11.8 Å². The maximum Gasteiger partial charge on any atom is 0.240 e. The number of ether oxygens (including phenoxy) is 1. The zero-order valence-electron chi connectivity index (χ0n) is 16.2. The highest BCUT2D eigenvalue weighted by Crippen LogP contribution is 2.16. The molecule has 0 bridgehead atoms. The molecular formula is C22H25N3O3. The summed E-state index contributed by atoms with van der Waals surface area (Å²) < 4.78 is 5.52.